The lowest BCUT2D eigenvalue weighted by atomic mass is 9.85. The zero-order valence-corrected chi connectivity index (χ0v) is 13.1. The first-order valence-corrected chi connectivity index (χ1v) is 7.27. The van der Waals surface area contributed by atoms with Crippen LogP contribution >= 0.6 is 0 Å². The molecule has 1 heterocycles. The zero-order valence-electron chi connectivity index (χ0n) is 13.1. The molecule has 7 heteroatoms. The summed E-state index contributed by atoms with van der Waals surface area (Å²) < 4.78 is 10.5. The van der Waals surface area contributed by atoms with Gasteiger partial charge in [-0.05, 0) is 19.8 Å². The molecular weight excluding hydrogens is 276 g/mol. The number of hydrogen-bond acceptors (Lipinski definition) is 4. The van der Waals surface area contributed by atoms with E-state index in [-0.39, 0.29) is 25.2 Å². The van der Waals surface area contributed by atoms with Crippen molar-refractivity contribution in [3.05, 3.63) is 0 Å². The lowest BCUT2D eigenvalue weighted by Gasteiger charge is -2.28. The molecule has 21 heavy (non-hydrogen) atoms. The van der Waals surface area contributed by atoms with Gasteiger partial charge in [-0.1, -0.05) is 13.8 Å². The molecule has 122 valence electrons. The fourth-order valence-electron chi connectivity index (χ4n) is 2.10. The largest absolute Gasteiger partial charge is 0.481 e. The Balaban J connectivity index is 2.57. The molecule has 7 nitrogen and oxygen atoms in total. The summed E-state index contributed by atoms with van der Waals surface area (Å²) in [5.74, 6) is -0.756. The summed E-state index contributed by atoms with van der Waals surface area (Å²) in [5, 5.41) is 14.8. The van der Waals surface area contributed by atoms with Crippen LogP contribution in [0, 0.1) is 11.3 Å². The molecule has 3 N–H and O–H groups in total. The van der Waals surface area contributed by atoms with Crippen molar-refractivity contribution in [2.24, 2.45) is 11.3 Å². The molecule has 2 amide bonds. The standard InChI is InChI=1S/C14H26N2O5/c1-5-20-6-10(9(2)3)15-13(19)16-11-7-21-8-14(11,4)12(17)18/h9-11H,5-8H2,1-4H3,(H,17,18)(H2,15,16,19). The average Bonchev–Trinajstić information content (AvgIpc) is 2.77. The molecule has 0 radical (unpaired) electrons. The summed E-state index contributed by atoms with van der Waals surface area (Å²) in [6, 6.07) is -1.06. The third kappa shape index (κ3) is 4.57. The molecule has 0 aromatic carbocycles. The maximum Gasteiger partial charge on any atom is 0.315 e. The van der Waals surface area contributed by atoms with Gasteiger partial charge in [0.25, 0.3) is 0 Å². The fraction of sp³-hybridized carbons (Fsp3) is 0.857. The molecule has 0 aliphatic carbocycles. The number of nitrogens with one attached hydrogen (secondary N) is 2. The van der Waals surface area contributed by atoms with Gasteiger partial charge in [0, 0.05) is 6.61 Å². The van der Waals surface area contributed by atoms with Gasteiger partial charge in [-0.2, -0.15) is 0 Å². The second-order valence-electron chi connectivity index (χ2n) is 5.92. The molecule has 0 aromatic rings. The minimum Gasteiger partial charge on any atom is -0.481 e. The number of rotatable bonds is 7. The van der Waals surface area contributed by atoms with Crippen molar-refractivity contribution in [1.82, 2.24) is 10.6 Å². The molecule has 3 unspecified atom stereocenters. The Kier molecular flexibility index (Phi) is 6.42. The van der Waals surface area contributed by atoms with Crippen molar-refractivity contribution >= 4 is 12.0 Å². The summed E-state index contributed by atoms with van der Waals surface area (Å²) in [7, 11) is 0. The first kappa shape index (κ1) is 17.7. The van der Waals surface area contributed by atoms with Gasteiger partial charge in [-0.3, -0.25) is 4.79 Å². The Morgan fingerprint density at radius 3 is 2.67 bits per heavy atom. The van der Waals surface area contributed by atoms with E-state index in [4.69, 9.17) is 9.47 Å². The highest BCUT2D eigenvalue weighted by molar-refractivity contribution is 5.79. The fourth-order valence-corrected chi connectivity index (χ4v) is 2.10. The van der Waals surface area contributed by atoms with Gasteiger partial charge in [0.05, 0.1) is 31.9 Å². The Morgan fingerprint density at radius 1 is 1.48 bits per heavy atom. The number of carboxylic acids is 1. The van der Waals surface area contributed by atoms with Gasteiger partial charge in [0.15, 0.2) is 0 Å². The third-order valence-electron chi connectivity index (χ3n) is 3.87. The van der Waals surface area contributed by atoms with Crippen molar-refractivity contribution in [3.63, 3.8) is 0 Å². The summed E-state index contributed by atoms with van der Waals surface area (Å²) in [5.41, 5.74) is -1.09. The predicted molar refractivity (Wildman–Crippen MR) is 77.1 cm³/mol. The van der Waals surface area contributed by atoms with Crippen LogP contribution in [-0.4, -0.2) is 55.6 Å². The molecule has 0 bridgehead atoms. The van der Waals surface area contributed by atoms with Crippen LogP contribution in [0.5, 0.6) is 0 Å². The predicted octanol–water partition coefficient (Wildman–Crippen LogP) is 0.836. The molecule has 0 aromatic heterocycles. The van der Waals surface area contributed by atoms with Crippen LogP contribution in [0.15, 0.2) is 0 Å². The number of urea groups is 1. The third-order valence-corrected chi connectivity index (χ3v) is 3.87. The second kappa shape index (κ2) is 7.61. The van der Waals surface area contributed by atoms with Crippen molar-refractivity contribution in [3.8, 4) is 0 Å². The topological polar surface area (TPSA) is 96.9 Å². The molecule has 1 saturated heterocycles. The smallest absolute Gasteiger partial charge is 0.315 e. The van der Waals surface area contributed by atoms with Crippen LogP contribution in [0.3, 0.4) is 0 Å². The normalized spacial score (nSPS) is 26.6. The number of amides is 2. The highest BCUT2D eigenvalue weighted by Crippen LogP contribution is 2.28. The highest BCUT2D eigenvalue weighted by Gasteiger charge is 2.47. The second-order valence-corrected chi connectivity index (χ2v) is 5.92. The van der Waals surface area contributed by atoms with Crippen LogP contribution in [0.25, 0.3) is 0 Å². The summed E-state index contributed by atoms with van der Waals surface area (Å²) >= 11 is 0. The van der Waals surface area contributed by atoms with E-state index in [1.54, 1.807) is 6.92 Å². The van der Waals surface area contributed by atoms with E-state index in [0.717, 1.165) is 0 Å². The van der Waals surface area contributed by atoms with E-state index in [1.165, 1.54) is 0 Å². The summed E-state index contributed by atoms with van der Waals surface area (Å²) in [4.78, 5) is 23.4. The van der Waals surface area contributed by atoms with Crippen molar-refractivity contribution in [2.45, 2.75) is 39.8 Å². The molecule has 3 atom stereocenters. The number of carbonyl (C=O) groups is 2. The Labute approximate surface area is 125 Å². The summed E-state index contributed by atoms with van der Waals surface area (Å²) in [6.07, 6.45) is 0. The van der Waals surface area contributed by atoms with Gasteiger partial charge in [-0.15, -0.1) is 0 Å². The summed E-state index contributed by atoms with van der Waals surface area (Å²) in [6.45, 7) is 8.76. The van der Waals surface area contributed by atoms with E-state index in [0.29, 0.717) is 13.2 Å². The Morgan fingerprint density at radius 2 is 2.14 bits per heavy atom. The lowest BCUT2D eigenvalue weighted by molar-refractivity contribution is -0.148. The Bertz CT molecular complexity index is 374. The van der Waals surface area contributed by atoms with E-state index in [9.17, 15) is 14.7 Å². The monoisotopic (exact) mass is 302 g/mol. The first-order chi connectivity index (χ1) is 9.81. The van der Waals surface area contributed by atoms with Crippen LogP contribution in [0.4, 0.5) is 4.79 Å². The first-order valence-electron chi connectivity index (χ1n) is 7.27. The molecule has 0 saturated carbocycles. The van der Waals surface area contributed by atoms with Crippen LogP contribution in [-0.2, 0) is 14.3 Å². The number of ether oxygens (including phenoxy) is 2. The lowest BCUT2D eigenvalue weighted by Crippen LogP contribution is -2.55. The van der Waals surface area contributed by atoms with Crippen molar-refractivity contribution < 1.29 is 24.2 Å². The zero-order chi connectivity index (χ0) is 16.0. The maximum atomic E-state index is 12.1. The molecule has 1 rings (SSSR count). The van der Waals surface area contributed by atoms with E-state index in [1.807, 2.05) is 20.8 Å². The number of hydrogen-bond donors (Lipinski definition) is 3. The van der Waals surface area contributed by atoms with Crippen molar-refractivity contribution in [2.75, 3.05) is 26.4 Å². The van der Waals surface area contributed by atoms with Gasteiger partial charge in [0.1, 0.15) is 5.41 Å². The molecular formula is C14H26N2O5. The van der Waals surface area contributed by atoms with Gasteiger partial charge < -0.3 is 25.2 Å². The quantitative estimate of drug-likeness (QED) is 0.647. The van der Waals surface area contributed by atoms with Crippen molar-refractivity contribution in [1.29, 1.82) is 0 Å². The number of carboxylic acid groups (broad SMARTS) is 1. The minimum absolute atomic E-state index is 0.0971. The van der Waals surface area contributed by atoms with Crippen LogP contribution < -0.4 is 10.6 Å². The van der Waals surface area contributed by atoms with Gasteiger partial charge in [0.2, 0.25) is 0 Å². The minimum atomic E-state index is -1.09. The van der Waals surface area contributed by atoms with Crippen LogP contribution in [0.2, 0.25) is 0 Å². The molecule has 1 aliphatic heterocycles. The SMILES string of the molecule is CCOCC(NC(=O)NC1COCC1(C)C(=O)O)C(C)C. The number of aliphatic carboxylic acids is 1. The highest BCUT2D eigenvalue weighted by atomic mass is 16.5. The Hall–Kier alpha value is -1.34. The van der Waals surface area contributed by atoms with Crippen LogP contribution in [0.1, 0.15) is 27.7 Å². The van der Waals surface area contributed by atoms with E-state index in [2.05, 4.69) is 10.6 Å². The molecule has 0 spiro atoms. The average molecular weight is 302 g/mol. The maximum absolute atomic E-state index is 12.1. The molecule has 1 aliphatic rings. The molecule has 1 fully saturated rings. The van der Waals surface area contributed by atoms with Gasteiger partial charge in [-0.25, -0.2) is 4.79 Å². The van der Waals surface area contributed by atoms with E-state index >= 15 is 0 Å². The number of carbonyl (C=O) groups excluding carboxylic acids is 1. The van der Waals surface area contributed by atoms with E-state index < -0.39 is 23.5 Å². The van der Waals surface area contributed by atoms with Gasteiger partial charge >= 0.3 is 12.0 Å².